The summed E-state index contributed by atoms with van der Waals surface area (Å²) in [4.78, 5) is 14.1. The van der Waals surface area contributed by atoms with Gasteiger partial charge in [-0.15, -0.1) is 0 Å². The Hall–Kier alpha value is -1.35. The first-order valence-corrected chi connectivity index (χ1v) is 6.31. The number of carbonyl (C=O) groups excluding carboxylic acids is 1. The maximum absolute atomic E-state index is 12.2. The smallest absolute Gasteiger partial charge is 0.230 e. The average molecular weight is 230 g/mol. The topological polar surface area (TPSA) is 46.3 Å². The van der Waals surface area contributed by atoms with Crippen LogP contribution in [0.2, 0.25) is 0 Å². The maximum Gasteiger partial charge on any atom is 0.230 e. The van der Waals surface area contributed by atoms with Gasteiger partial charge in [-0.3, -0.25) is 4.79 Å². The molecular weight excluding hydrogens is 212 g/mol. The second kappa shape index (κ2) is 3.84. The van der Waals surface area contributed by atoms with Crippen LogP contribution in [0.3, 0.4) is 0 Å². The van der Waals surface area contributed by atoms with E-state index in [0.717, 1.165) is 32.4 Å². The minimum atomic E-state index is -0.156. The number of nitrogens with zero attached hydrogens (tertiary/aromatic N) is 1. The van der Waals surface area contributed by atoms with Gasteiger partial charge in [0, 0.05) is 19.1 Å². The molecule has 1 saturated heterocycles. The van der Waals surface area contributed by atoms with Crippen molar-refractivity contribution in [3.8, 4) is 0 Å². The van der Waals surface area contributed by atoms with Crippen LogP contribution in [0.4, 0.5) is 0 Å². The van der Waals surface area contributed by atoms with E-state index in [0.29, 0.717) is 5.91 Å². The number of nitrogens with two attached hydrogens (primary N) is 1. The van der Waals surface area contributed by atoms with Crippen molar-refractivity contribution < 1.29 is 4.79 Å². The van der Waals surface area contributed by atoms with E-state index in [2.05, 4.69) is 12.1 Å². The molecule has 2 aliphatic rings. The molecule has 1 aliphatic carbocycles. The van der Waals surface area contributed by atoms with Crippen LogP contribution in [0.5, 0.6) is 0 Å². The summed E-state index contributed by atoms with van der Waals surface area (Å²) in [6, 6.07) is 10.4. The fourth-order valence-corrected chi connectivity index (χ4v) is 2.79. The summed E-state index contributed by atoms with van der Waals surface area (Å²) in [5, 5.41) is 0. The van der Waals surface area contributed by atoms with Crippen molar-refractivity contribution in [1.82, 2.24) is 4.90 Å². The maximum atomic E-state index is 12.2. The second-order valence-electron chi connectivity index (χ2n) is 5.25. The Morgan fingerprint density at radius 3 is 2.59 bits per heavy atom. The summed E-state index contributed by atoms with van der Waals surface area (Å²) in [6.45, 7) is 1.55. The lowest BCUT2D eigenvalue weighted by Crippen LogP contribution is -2.31. The quantitative estimate of drug-likeness (QED) is 0.847. The number of carbonyl (C=O) groups is 1. The monoisotopic (exact) mass is 230 g/mol. The van der Waals surface area contributed by atoms with Crippen molar-refractivity contribution in [1.29, 1.82) is 0 Å². The molecule has 3 rings (SSSR count). The van der Waals surface area contributed by atoms with Gasteiger partial charge in [-0.05, 0) is 24.8 Å². The molecule has 1 spiro atoms. The van der Waals surface area contributed by atoms with Crippen LogP contribution in [0.1, 0.15) is 18.4 Å². The van der Waals surface area contributed by atoms with Crippen molar-refractivity contribution >= 4 is 5.91 Å². The Morgan fingerprint density at radius 2 is 2.00 bits per heavy atom. The molecule has 2 N–H and O–H groups in total. The van der Waals surface area contributed by atoms with Gasteiger partial charge in [0.15, 0.2) is 0 Å². The van der Waals surface area contributed by atoms with Gasteiger partial charge in [-0.1, -0.05) is 30.3 Å². The molecule has 1 heterocycles. The lowest BCUT2D eigenvalue weighted by Gasteiger charge is -2.16. The van der Waals surface area contributed by atoms with Crippen molar-refractivity contribution in [3.05, 3.63) is 35.9 Å². The Balaban J connectivity index is 1.62. The predicted octanol–water partition coefficient (Wildman–Crippen LogP) is 1.18. The summed E-state index contributed by atoms with van der Waals surface area (Å²) >= 11 is 0. The first kappa shape index (κ1) is 10.8. The van der Waals surface area contributed by atoms with Gasteiger partial charge in [0.2, 0.25) is 5.91 Å². The highest BCUT2D eigenvalue weighted by Gasteiger charge is 2.60. The van der Waals surface area contributed by atoms with Crippen LogP contribution in [0.15, 0.2) is 30.3 Å². The van der Waals surface area contributed by atoms with Crippen molar-refractivity contribution in [2.75, 3.05) is 13.1 Å². The molecule has 1 aromatic rings. The van der Waals surface area contributed by atoms with Crippen LogP contribution in [-0.4, -0.2) is 29.9 Å². The molecule has 3 nitrogen and oxygen atoms in total. The highest BCUT2D eigenvalue weighted by Crippen LogP contribution is 2.52. The lowest BCUT2D eigenvalue weighted by atomic mass is 10.0. The highest BCUT2D eigenvalue weighted by molar-refractivity contribution is 5.88. The third-order valence-corrected chi connectivity index (χ3v) is 4.14. The molecule has 0 radical (unpaired) electrons. The number of rotatable bonds is 3. The van der Waals surface area contributed by atoms with Crippen molar-refractivity contribution in [2.45, 2.75) is 25.3 Å². The number of hydrogen-bond acceptors (Lipinski definition) is 2. The molecule has 17 heavy (non-hydrogen) atoms. The Labute approximate surface area is 102 Å². The number of hydrogen-bond donors (Lipinski definition) is 1. The van der Waals surface area contributed by atoms with Crippen molar-refractivity contribution in [3.63, 3.8) is 0 Å². The molecule has 90 valence electrons. The fraction of sp³-hybridized carbons (Fsp3) is 0.500. The average Bonchev–Trinajstić information content (AvgIpc) is 3.12. The van der Waals surface area contributed by atoms with E-state index in [1.807, 2.05) is 23.1 Å². The van der Waals surface area contributed by atoms with Crippen LogP contribution in [-0.2, 0) is 11.2 Å². The summed E-state index contributed by atoms with van der Waals surface area (Å²) in [6.07, 6.45) is 2.92. The zero-order valence-corrected chi connectivity index (χ0v) is 9.93. The van der Waals surface area contributed by atoms with Crippen LogP contribution in [0.25, 0.3) is 0 Å². The molecule has 3 heteroatoms. The molecule has 1 saturated carbocycles. The SMILES string of the molecule is NC1CN(CCc2ccccc2)C(=O)C12CC2. The van der Waals surface area contributed by atoms with E-state index in [4.69, 9.17) is 5.73 Å². The van der Waals surface area contributed by atoms with E-state index in [1.165, 1.54) is 5.56 Å². The minimum Gasteiger partial charge on any atom is -0.340 e. The first-order valence-electron chi connectivity index (χ1n) is 6.31. The van der Waals surface area contributed by atoms with Crippen molar-refractivity contribution in [2.24, 2.45) is 11.1 Å². The normalized spacial score (nSPS) is 25.6. The zero-order valence-electron chi connectivity index (χ0n) is 9.93. The van der Waals surface area contributed by atoms with Gasteiger partial charge in [0.05, 0.1) is 5.41 Å². The van der Waals surface area contributed by atoms with Gasteiger partial charge in [-0.2, -0.15) is 0 Å². The Bertz CT molecular complexity index is 425. The lowest BCUT2D eigenvalue weighted by molar-refractivity contribution is -0.132. The summed E-state index contributed by atoms with van der Waals surface area (Å²) in [5.74, 6) is 0.293. The van der Waals surface area contributed by atoms with Gasteiger partial charge in [0.25, 0.3) is 0 Å². The largest absolute Gasteiger partial charge is 0.340 e. The molecule has 1 aromatic carbocycles. The van der Waals surface area contributed by atoms with Gasteiger partial charge < -0.3 is 10.6 Å². The summed E-state index contributed by atoms with van der Waals surface area (Å²) in [7, 11) is 0. The van der Waals surface area contributed by atoms with E-state index in [-0.39, 0.29) is 11.5 Å². The van der Waals surface area contributed by atoms with Crippen LogP contribution < -0.4 is 5.73 Å². The molecule has 1 atom stereocenters. The van der Waals surface area contributed by atoms with E-state index >= 15 is 0 Å². The minimum absolute atomic E-state index is 0.0609. The van der Waals surface area contributed by atoms with Crippen LogP contribution in [0, 0.1) is 5.41 Å². The number of amides is 1. The summed E-state index contributed by atoms with van der Waals surface area (Å²) in [5.41, 5.74) is 7.19. The standard InChI is InChI=1S/C14H18N2O/c15-12-10-16(13(17)14(12)7-8-14)9-6-11-4-2-1-3-5-11/h1-5,12H,6-10,15H2. The second-order valence-corrected chi connectivity index (χ2v) is 5.25. The number of benzene rings is 1. The Kier molecular flexibility index (Phi) is 2.44. The molecule has 0 aromatic heterocycles. The molecule has 1 amide bonds. The third kappa shape index (κ3) is 1.75. The predicted molar refractivity (Wildman–Crippen MR) is 66.4 cm³/mol. The summed E-state index contributed by atoms with van der Waals surface area (Å²) < 4.78 is 0. The molecule has 1 aliphatic heterocycles. The van der Waals surface area contributed by atoms with Crippen LogP contribution >= 0.6 is 0 Å². The van der Waals surface area contributed by atoms with Gasteiger partial charge in [0.1, 0.15) is 0 Å². The Morgan fingerprint density at radius 1 is 1.29 bits per heavy atom. The third-order valence-electron chi connectivity index (χ3n) is 4.14. The van der Waals surface area contributed by atoms with E-state index in [1.54, 1.807) is 0 Å². The highest BCUT2D eigenvalue weighted by atomic mass is 16.2. The van der Waals surface area contributed by atoms with E-state index in [9.17, 15) is 4.79 Å². The number of likely N-dealkylation sites (tertiary alicyclic amines) is 1. The molecule has 0 bridgehead atoms. The molecule has 1 unspecified atom stereocenters. The first-order chi connectivity index (χ1) is 8.22. The fourth-order valence-electron chi connectivity index (χ4n) is 2.79. The van der Waals surface area contributed by atoms with E-state index < -0.39 is 0 Å². The zero-order chi connectivity index (χ0) is 11.9. The van der Waals surface area contributed by atoms with Gasteiger partial charge >= 0.3 is 0 Å². The van der Waals surface area contributed by atoms with Gasteiger partial charge in [-0.25, -0.2) is 0 Å². The molecule has 2 fully saturated rings. The molecular formula is C14H18N2O.